The van der Waals surface area contributed by atoms with Gasteiger partial charge < -0.3 is 15.5 Å². The number of aliphatic hydroxyl groups excluding tert-OH is 1. The van der Waals surface area contributed by atoms with E-state index in [0.29, 0.717) is 0 Å². The van der Waals surface area contributed by atoms with Crippen LogP contribution in [-0.2, 0) is 0 Å². The molecule has 0 aromatic carbocycles. The van der Waals surface area contributed by atoms with Gasteiger partial charge in [0.1, 0.15) is 0 Å². The highest BCUT2D eigenvalue weighted by atomic mass is 16.5. The van der Waals surface area contributed by atoms with E-state index in [1.54, 1.807) is 0 Å². The van der Waals surface area contributed by atoms with Crippen LogP contribution in [-0.4, -0.2) is 29.6 Å². The Bertz CT molecular complexity index is 57.0. The molecule has 3 N–H and O–H groups in total. The highest BCUT2D eigenvalue weighted by molar-refractivity contribution is 4.46. The van der Waals surface area contributed by atoms with Crippen LogP contribution in [0.2, 0.25) is 0 Å². The maximum atomic E-state index is 8.34. The predicted octanol–water partition coefficient (Wildman–Crippen LogP) is -0.313. The van der Waals surface area contributed by atoms with Gasteiger partial charge in [-0.2, -0.15) is 0 Å². The van der Waals surface area contributed by atoms with Gasteiger partial charge in [-0.05, 0) is 13.0 Å². The molecular weight excluding hydrogens is 118 g/mol. The number of unbranched alkanes of at least 4 members (excludes halogenated alkanes) is 1. The summed E-state index contributed by atoms with van der Waals surface area (Å²) in [6.07, 6.45) is 1.02. The van der Waals surface area contributed by atoms with Gasteiger partial charge in [0.05, 0.1) is 0 Å². The van der Waals surface area contributed by atoms with Gasteiger partial charge >= 0.3 is 0 Å². The van der Waals surface area contributed by atoms with Crippen molar-refractivity contribution in [2.45, 2.75) is 26.1 Å². The molecular formula is C6H15NO2. The molecule has 0 saturated carbocycles. The van der Waals surface area contributed by atoms with Gasteiger partial charge in [-0.15, -0.1) is 0 Å². The lowest BCUT2D eigenvalue weighted by molar-refractivity contribution is -0.0370. The first-order valence-electron chi connectivity index (χ1n) is 3.34. The summed E-state index contributed by atoms with van der Waals surface area (Å²) in [4.78, 5) is 0. The van der Waals surface area contributed by atoms with E-state index < -0.39 is 6.29 Å². The normalized spacial score (nSPS) is 10.7. The van der Waals surface area contributed by atoms with E-state index in [4.69, 9.17) is 10.2 Å². The number of rotatable bonds is 5. The monoisotopic (exact) mass is 133 g/mol. The third-order valence-corrected chi connectivity index (χ3v) is 1.03. The number of nitrogens with one attached hydrogen (secondary N) is 1. The minimum absolute atomic E-state index is 0.278. The van der Waals surface area contributed by atoms with Crippen LogP contribution in [0.3, 0.4) is 0 Å². The molecule has 0 heterocycles. The van der Waals surface area contributed by atoms with Crippen LogP contribution in [0.15, 0.2) is 0 Å². The highest BCUT2D eigenvalue weighted by Gasteiger charge is 1.92. The number of aliphatic hydroxyl groups is 2. The van der Waals surface area contributed by atoms with Gasteiger partial charge in [-0.3, -0.25) is 0 Å². The second kappa shape index (κ2) is 6.01. The summed E-state index contributed by atoms with van der Waals surface area (Å²) in [5.74, 6) is 0. The summed E-state index contributed by atoms with van der Waals surface area (Å²) < 4.78 is 0. The second-order valence-electron chi connectivity index (χ2n) is 2.04. The molecule has 0 aromatic heterocycles. The fraction of sp³-hybridized carbons (Fsp3) is 1.00. The number of hydrogen-bond donors (Lipinski definition) is 3. The second-order valence-corrected chi connectivity index (χ2v) is 2.04. The maximum Gasteiger partial charge on any atom is 0.164 e. The molecule has 0 aliphatic carbocycles. The zero-order valence-electron chi connectivity index (χ0n) is 5.80. The molecule has 56 valence electrons. The van der Waals surface area contributed by atoms with Crippen molar-refractivity contribution in [2.24, 2.45) is 0 Å². The molecule has 0 aromatic rings. The molecule has 0 bridgehead atoms. The van der Waals surface area contributed by atoms with Gasteiger partial charge in [0, 0.05) is 6.54 Å². The van der Waals surface area contributed by atoms with Crippen LogP contribution >= 0.6 is 0 Å². The first kappa shape index (κ1) is 8.88. The highest BCUT2D eigenvalue weighted by Crippen LogP contribution is 1.81. The Hall–Kier alpha value is -0.120. The summed E-state index contributed by atoms with van der Waals surface area (Å²) in [5, 5.41) is 19.6. The molecule has 3 heteroatoms. The summed E-state index contributed by atoms with van der Waals surface area (Å²) in [6, 6.07) is 0. The summed E-state index contributed by atoms with van der Waals surface area (Å²) in [6.45, 7) is 3.24. The molecule has 0 saturated heterocycles. The van der Waals surface area contributed by atoms with E-state index in [9.17, 15) is 0 Å². The summed E-state index contributed by atoms with van der Waals surface area (Å²) in [5.41, 5.74) is 0. The van der Waals surface area contributed by atoms with Crippen LogP contribution in [0.25, 0.3) is 0 Å². The minimum atomic E-state index is -1.21. The van der Waals surface area contributed by atoms with Crippen LogP contribution in [0, 0.1) is 0 Å². The molecule has 0 spiro atoms. The Morgan fingerprint density at radius 2 is 2.11 bits per heavy atom. The van der Waals surface area contributed by atoms with Crippen molar-refractivity contribution in [3.05, 3.63) is 0 Å². The average Bonchev–Trinajstić information content (AvgIpc) is 1.80. The van der Waals surface area contributed by atoms with Crippen molar-refractivity contribution in [1.29, 1.82) is 0 Å². The van der Waals surface area contributed by atoms with Crippen molar-refractivity contribution >= 4 is 0 Å². The fourth-order valence-electron chi connectivity index (χ4n) is 0.533. The summed E-state index contributed by atoms with van der Waals surface area (Å²) in [7, 11) is 0. The smallest absolute Gasteiger partial charge is 0.164 e. The first-order valence-corrected chi connectivity index (χ1v) is 3.34. The van der Waals surface area contributed by atoms with Crippen LogP contribution in [0.4, 0.5) is 0 Å². The average molecular weight is 133 g/mol. The van der Waals surface area contributed by atoms with E-state index in [0.717, 1.165) is 19.4 Å². The van der Waals surface area contributed by atoms with Crippen LogP contribution < -0.4 is 5.32 Å². The zero-order valence-corrected chi connectivity index (χ0v) is 5.80. The molecule has 9 heavy (non-hydrogen) atoms. The van der Waals surface area contributed by atoms with Crippen molar-refractivity contribution < 1.29 is 10.2 Å². The fourth-order valence-corrected chi connectivity index (χ4v) is 0.533. The molecule has 3 nitrogen and oxygen atoms in total. The third-order valence-electron chi connectivity index (χ3n) is 1.03. The van der Waals surface area contributed by atoms with E-state index in [-0.39, 0.29) is 6.54 Å². The Kier molecular flexibility index (Phi) is 5.93. The molecule has 0 fully saturated rings. The van der Waals surface area contributed by atoms with Crippen LogP contribution in [0.1, 0.15) is 19.8 Å². The van der Waals surface area contributed by atoms with E-state index in [1.165, 1.54) is 0 Å². The van der Waals surface area contributed by atoms with Crippen LogP contribution in [0.5, 0.6) is 0 Å². The molecule has 0 unspecified atom stereocenters. The molecule has 0 aliphatic heterocycles. The topological polar surface area (TPSA) is 52.5 Å². The quantitative estimate of drug-likeness (QED) is 0.356. The molecule has 0 rings (SSSR count). The molecule has 0 radical (unpaired) electrons. The van der Waals surface area contributed by atoms with Crippen molar-refractivity contribution in [1.82, 2.24) is 5.32 Å². The minimum Gasteiger partial charge on any atom is -0.367 e. The van der Waals surface area contributed by atoms with Gasteiger partial charge in [-0.1, -0.05) is 13.3 Å². The lowest BCUT2D eigenvalue weighted by Crippen LogP contribution is -2.26. The largest absolute Gasteiger partial charge is 0.367 e. The van der Waals surface area contributed by atoms with Gasteiger partial charge in [0.15, 0.2) is 6.29 Å². The number of hydrogen-bond acceptors (Lipinski definition) is 3. The van der Waals surface area contributed by atoms with Gasteiger partial charge in [0.2, 0.25) is 0 Å². The van der Waals surface area contributed by atoms with E-state index >= 15 is 0 Å². The Morgan fingerprint density at radius 1 is 1.44 bits per heavy atom. The van der Waals surface area contributed by atoms with Gasteiger partial charge in [0.25, 0.3) is 0 Å². The SMILES string of the molecule is CCCCNCC(O)O. The molecule has 0 atom stereocenters. The Balaban J connectivity index is 2.75. The molecule has 0 aliphatic rings. The lowest BCUT2D eigenvalue weighted by atomic mass is 10.3. The third kappa shape index (κ3) is 7.88. The predicted molar refractivity (Wildman–Crippen MR) is 36.0 cm³/mol. The zero-order chi connectivity index (χ0) is 7.11. The van der Waals surface area contributed by atoms with Crippen molar-refractivity contribution in [2.75, 3.05) is 13.1 Å². The molecule has 0 amide bonds. The van der Waals surface area contributed by atoms with E-state index in [1.807, 2.05) is 0 Å². The van der Waals surface area contributed by atoms with Crippen molar-refractivity contribution in [3.8, 4) is 0 Å². The van der Waals surface area contributed by atoms with E-state index in [2.05, 4.69) is 12.2 Å². The maximum absolute atomic E-state index is 8.34. The van der Waals surface area contributed by atoms with Crippen molar-refractivity contribution in [3.63, 3.8) is 0 Å². The van der Waals surface area contributed by atoms with Gasteiger partial charge in [-0.25, -0.2) is 0 Å². The lowest BCUT2D eigenvalue weighted by Gasteiger charge is -2.03. The standard InChI is InChI=1S/C6H15NO2/c1-2-3-4-7-5-6(8)9/h6-9H,2-5H2,1H3. The summed E-state index contributed by atoms with van der Waals surface area (Å²) >= 11 is 0. The Labute approximate surface area is 55.7 Å². The first-order chi connectivity index (χ1) is 4.27. The Morgan fingerprint density at radius 3 is 2.56 bits per heavy atom.